The molecule has 0 atom stereocenters. The van der Waals surface area contributed by atoms with Gasteiger partial charge in [-0.15, -0.1) is 41.0 Å². The quantitative estimate of drug-likeness (QED) is 0.107. The Morgan fingerprint density at radius 2 is 1.23 bits per heavy atom. The largest absolute Gasteiger partial charge is 0.510 e. The van der Waals surface area contributed by atoms with Crippen LogP contribution in [0.15, 0.2) is 231 Å². The molecule has 0 fully saturated rings. The molecule has 0 N–H and O–H groups in total. The summed E-state index contributed by atoms with van der Waals surface area (Å²) in [4.78, 5) is 9.86. The molecule has 0 amide bonds. The third kappa shape index (κ3) is 8.44. The minimum atomic E-state index is -0.588. The average molecular weight is 1200 g/mol. The van der Waals surface area contributed by atoms with Gasteiger partial charge >= 0.3 is 0 Å². The molecule has 0 aliphatic heterocycles. The van der Waals surface area contributed by atoms with E-state index in [2.05, 4.69) is 80.2 Å². The third-order valence-corrected chi connectivity index (χ3v) is 15.0. The maximum atomic E-state index is 9.28. The molecular weight excluding hydrogens is 1140 g/mol. The molecule has 0 spiro atoms. The minimum absolute atomic E-state index is 0. The summed E-state index contributed by atoms with van der Waals surface area (Å²) in [7, 11) is 0. The van der Waals surface area contributed by atoms with Crippen molar-refractivity contribution in [2.45, 2.75) is 26.2 Å². The van der Waals surface area contributed by atoms with Gasteiger partial charge in [0, 0.05) is 71.5 Å². The van der Waals surface area contributed by atoms with Crippen LogP contribution in [0.25, 0.3) is 115 Å². The van der Waals surface area contributed by atoms with Gasteiger partial charge in [0.25, 0.3) is 6.33 Å². The van der Waals surface area contributed by atoms with E-state index in [0.29, 0.717) is 28.2 Å². The number of rotatable bonds is 9. The summed E-state index contributed by atoms with van der Waals surface area (Å²) in [5.74, 6) is 1.49. The number of imidazole rings is 1. The molecular formula is C69H47N5OPtS-2. The Morgan fingerprint density at radius 1 is 0.558 bits per heavy atom. The first kappa shape index (κ1) is 37.9. The fourth-order valence-corrected chi connectivity index (χ4v) is 11.5. The Bertz CT molecular complexity index is 5040. The Balaban J connectivity index is 0.00000700. The smallest absolute Gasteiger partial charge is 0.268 e. The summed E-state index contributed by atoms with van der Waals surface area (Å²) in [6.07, 6.45) is 7.22. The van der Waals surface area contributed by atoms with Gasteiger partial charge < -0.3 is 13.9 Å². The fourth-order valence-electron chi connectivity index (χ4n) is 10.3. The van der Waals surface area contributed by atoms with Crippen LogP contribution in [-0.4, -0.2) is 19.1 Å². The van der Waals surface area contributed by atoms with Crippen LogP contribution in [0.4, 0.5) is 0 Å². The maximum Gasteiger partial charge on any atom is 0.268 e. The Kier molecular flexibility index (Phi) is 9.57. The summed E-state index contributed by atoms with van der Waals surface area (Å²) in [5, 5.41) is 4.23. The van der Waals surface area contributed by atoms with Crippen molar-refractivity contribution < 1.29 is 44.1 Å². The van der Waals surface area contributed by atoms with E-state index in [1.54, 1.807) is 44.7 Å². The van der Waals surface area contributed by atoms with Gasteiger partial charge in [0.2, 0.25) is 0 Å². The molecule has 77 heavy (non-hydrogen) atoms. The van der Waals surface area contributed by atoms with E-state index < -0.39 is 60.4 Å². The third-order valence-electron chi connectivity index (χ3n) is 13.9. The second-order valence-electron chi connectivity index (χ2n) is 19.4. The summed E-state index contributed by atoms with van der Waals surface area (Å²) >= 11 is 1.68. The monoisotopic (exact) mass is 1200 g/mol. The van der Waals surface area contributed by atoms with Gasteiger partial charge in [0.05, 0.1) is 40.8 Å². The van der Waals surface area contributed by atoms with Crippen LogP contribution >= 0.6 is 11.3 Å². The van der Waals surface area contributed by atoms with E-state index >= 15 is 0 Å². The average Bonchev–Trinajstić information content (AvgIpc) is 1.80. The number of fused-ring (bicyclic) bond motifs is 7. The first-order valence-corrected chi connectivity index (χ1v) is 25.5. The Hall–Kier alpha value is -8.74. The van der Waals surface area contributed by atoms with Crippen molar-refractivity contribution in [2.75, 3.05) is 0 Å². The van der Waals surface area contributed by atoms with Crippen molar-refractivity contribution in [2.24, 2.45) is 0 Å². The van der Waals surface area contributed by atoms with Crippen molar-refractivity contribution in [3.8, 4) is 73.3 Å². The number of ether oxygens (including phenoxy) is 1. The van der Waals surface area contributed by atoms with Crippen LogP contribution in [-0.2, 0) is 26.5 Å². The predicted molar refractivity (Wildman–Crippen MR) is 311 cm³/mol. The van der Waals surface area contributed by atoms with Crippen molar-refractivity contribution in [3.63, 3.8) is 0 Å². The molecule has 5 heterocycles. The Labute approximate surface area is 479 Å². The van der Waals surface area contributed by atoms with Gasteiger partial charge in [-0.1, -0.05) is 178 Å². The number of pyridine rings is 2. The van der Waals surface area contributed by atoms with Gasteiger partial charge in [-0.25, -0.2) is 4.98 Å². The predicted octanol–water partition coefficient (Wildman–Crippen LogP) is 17.3. The molecule has 5 aromatic heterocycles. The van der Waals surface area contributed by atoms with Gasteiger partial charge in [-0.2, -0.15) is 18.2 Å². The zero-order valence-corrected chi connectivity index (χ0v) is 44.6. The van der Waals surface area contributed by atoms with Gasteiger partial charge in [-0.05, 0) is 91.8 Å². The van der Waals surface area contributed by atoms with Crippen molar-refractivity contribution in [1.82, 2.24) is 19.1 Å². The van der Waals surface area contributed by atoms with Crippen molar-refractivity contribution in [3.05, 3.63) is 255 Å². The SMILES string of the molecule is [2H]c1c([2H])c([2H])c(-c2cccc(-c3c([2H])c([2H])c([2H])c([2H])c3[2H])c2-[n+]2[c-]n(-c3[c-]c(Oc4[c-]c5c(cc4)c4ccccc4n5-c4cc(C(C)(C)C)ccn4)ccc3)c3cc(-c4ccccc4-c4nccc5c4sc4ccccc45)ccc32)c([2H])c1[2H].[Pt]. The Morgan fingerprint density at radius 3 is 2.01 bits per heavy atom. The van der Waals surface area contributed by atoms with Crippen LogP contribution < -0.4 is 9.30 Å². The first-order valence-electron chi connectivity index (χ1n) is 29.7. The molecule has 372 valence electrons. The van der Waals surface area contributed by atoms with E-state index in [4.69, 9.17) is 22.9 Å². The van der Waals surface area contributed by atoms with Crippen LogP contribution in [0.3, 0.4) is 0 Å². The second-order valence-corrected chi connectivity index (χ2v) is 20.5. The number of thiophene rings is 1. The van der Waals surface area contributed by atoms with E-state index in [-0.39, 0.29) is 54.4 Å². The van der Waals surface area contributed by atoms with Gasteiger partial charge in [0.15, 0.2) is 0 Å². The summed E-state index contributed by atoms with van der Waals surface area (Å²) in [6.45, 7) is 6.51. The molecule has 8 heteroatoms. The number of para-hydroxylation sites is 2. The van der Waals surface area contributed by atoms with Gasteiger partial charge in [-0.3, -0.25) is 9.55 Å². The van der Waals surface area contributed by atoms with Crippen molar-refractivity contribution in [1.29, 1.82) is 0 Å². The molecule has 9 aromatic carbocycles. The molecule has 0 saturated carbocycles. The van der Waals surface area contributed by atoms with Crippen LogP contribution in [0.2, 0.25) is 0 Å². The summed E-state index contributed by atoms with van der Waals surface area (Å²) in [5.41, 5.74) is 7.65. The molecule has 14 aromatic rings. The normalized spacial score (nSPS) is 13.5. The molecule has 14 rings (SSSR count). The zero-order valence-electron chi connectivity index (χ0n) is 51.5. The fraction of sp³-hybridized carbons (Fsp3) is 0.0580. The van der Waals surface area contributed by atoms with Crippen LogP contribution in [0.1, 0.15) is 40.0 Å². The second kappa shape index (κ2) is 19.4. The van der Waals surface area contributed by atoms with E-state index in [1.807, 2.05) is 109 Å². The number of nitrogens with zero attached hydrogens (tertiary/aromatic N) is 5. The molecule has 6 nitrogen and oxygen atoms in total. The van der Waals surface area contributed by atoms with Gasteiger partial charge in [0.1, 0.15) is 5.82 Å². The summed E-state index contributed by atoms with van der Waals surface area (Å²) in [6, 6.07) is 52.3. The topological polar surface area (TPSA) is 48.8 Å². The number of benzene rings is 9. The van der Waals surface area contributed by atoms with Crippen LogP contribution in [0.5, 0.6) is 11.5 Å². The zero-order chi connectivity index (χ0) is 59.6. The molecule has 0 unspecified atom stereocenters. The van der Waals surface area contributed by atoms with E-state index in [0.717, 1.165) is 75.7 Å². The minimum Gasteiger partial charge on any atom is -0.510 e. The molecule has 0 aliphatic carbocycles. The summed E-state index contributed by atoms with van der Waals surface area (Å²) < 4.78 is 104. The number of hydrogen-bond donors (Lipinski definition) is 0. The van der Waals surface area contributed by atoms with E-state index in [1.165, 1.54) is 0 Å². The van der Waals surface area contributed by atoms with E-state index in [9.17, 15) is 5.48 Å². The van der Waals surface area contributed by atoms with Crippen molar-refractivity contribution >= 4 is 64.3 Å². The number of aromatic nitrogens is 5. The maximum absolute atomic E-state index is 9.28. The molecule has 0 radical (unpaired) electrons. The van der Waals surface area contributed by atoms with Crippen LogP contribution in [0, 0.1) is 18.5 Å². The first-order chi connectivity index (χ1) is 41.5. The number of hydrogen-bond acceptors (Lipinski definition) is 4. The molecule has 0 saturated heterocycles. The molecule has 0 bridgehead atoms. The standard InChI is InChI=1S/C69H47N5OS.Pt/c1-69(2,3)48-36-38-70-65(41-48)74-60-30-14-12-25-55(60)56-34-33-51(43-62(56)74)75-50-23-16-22-49(42-50)72-44-73(67-53(45-18-6-4-7-19-45)28-17-29-54(67)46-20-8-5-9-21-46)61-35-32-47(40-63(61)72)52-24-10-11-27-58(52)66-68-59(37-39-71-66)57-26-13-15-31-64(57)76-68;/h4-41H,1-3H3;/q-2;/i4D,5D,6D,7D,8D,9D,18D,19D,20D,21D;. The molecule has 0 aliphatic rings.